The Labute approximate surface area is 63.9 Å². The van der Waals surface area contributed by atoms with Gasteiger partial charge in [0, 0.05) is 20.1 Å². The summed E-state index contributed by atoms with van der Waals surface area (Å²) in [6.45, 7) is 6.32. The van der Waals surface area contributed by atoms with Crippen LogP contribution in [0.3, 0.4) is 0 Å². The van der Waals surface area contributed by atoms with Crippen LogP contribution in [0.1, 0.15) is 13.8 Å². The van der Waals surface area contributed by atoms with E-state index in [2.05, 4.69) is 37.3 Å². The lowest BCUT2D eigenvalue weighted by Crippen LogP contribution is -2.14. The highest BCUT2D eigenvalue weighted by molar-refractivity contribution is 4.98. The van der Waals surface area contributed by atoms with Gasteiger partial charge in [-0.3, -0.25) is 0 Å². The van der Waals surface area contributed by atoms with E-state index in [-0.39, 0.29) is 0 Å². The third kappa shape index (κ3) is 4.39. The first kappa shape index (κ1) is 9.50. The normalized spacial score (nSPS) is 11.8. The average Bonchev–Trinajstić information content (AvgIpc) is 1.88. The molecule has 2 heteroatoms. The van der Waals surface area contributed by atoms with Crippen LogP contribution in [0.25, 0.3) is 0 Å². The maximum Gasteiger partial charge on any atom is 0.0176 e. The number of rotatable bonds is 4. The Kier molecular flexibility index (Phi) is 5.03. The zero-order valence-electron chi connectivity index (χ0n) is 7.44. The first-order valence-corrected chi connectivity index (χ1v) is 3.72. The fourth-order valence-corrected chi connectivity index (χ4v) is 0.792. The number of hydrogen-bond donors (Lipinski definition) is 1. The van der Waals surface area contributed by atoms with Gasteiger partial charge < -0.3 is 10.2 Å². The summed E-state index contributed by atoms with van der Waals surface area (Å²) in [5.41, 5.74) is 1.37. The Morgan fingerprint density at radius 2 is 2.20 bits per heavy atom. The molecule has 1 N–H and O–H groups in total. The lowest BCUT2D eigenvalue weighted by molar-refractivity contribution is 0.478. The zero-order valence-corrected chi connectivity index (χ0v) is 7.44. The molecule has 0 aliphatic rings. The lowest BCUT2D eigenvalue weighted by Gasteiger charge is -2.11. The van der Waals surface area contributed by atoms with Gasteiger partial charge in [0.05, 0.1) is 0 Å². The second-order valence-electron chi connectivity index (χ2n) is 2.58. The van der Waals surface area contributed by atoms with E-state index < -0.39 is 0 Å². The van der Waals surface area contributed by atoms with E-state index in [0.717, 1.165) is 13.1 Å². The van der Waals surface area contributed by atoms with Crippen LogP contribution in [-0.4, -0.2) is 32.1 Å². The molecule has 0 aromatic rings. The summed E-state index contributed by atoms with van der Waals surface area (Å²) in [6.07, 6.45) is 2.16. The Morgan fingerprint density at radius 3 is 2.60 bits per heavy atom. The second-order valence-corrected chi connectivity index (χ2v) is 2.58. The summed E-state index contributed by atoms with van der Waals surface area (Å²) >= 11 is 0. The minimum absolute atomic E-state index is 0.977. The molecule has 0 aromatic heterocycles. The molecule has 0 spiro atoms. The van der Waals surface area contributed by atoms with Crippen LogP contribution < -0.4 is 5.32 Å². The van der Waals surface area contributed by atoms with Crippen molar-refractivity contribution in [2.45, 2.75) is 13.8 Å². The molecule has 2 nitrogen and oxygen atoms in total. The van der Waals surface area contributed by atoms with E-state index in [0.29, 0.717) is 0 Å². The van der Waals surface area contributed by atoms with E-state index in [1.807, 2.05) is 7.05 Å². The van der Waals surface area contributed by atoms with Crippen molar-refractivity contribution in [3.8, 4) is 0 Å². The van der Waals surface area contributed by atoms with Crippen molar-refractivity contribution in [1.82, 2.24) is 10.2 Å². The summed E-state index contributed by atoms with van der Waals surface area (Å²) < 4.78 is 0. The average molecular weight is 142 g/mol. The maximum atomic E-state index is 3.10. The quantitative estimate of drug-likeness (QED) is 0.631. The van der Waals surface area contributed by atoms with E-state index in [1.165, 1.54) is 5.57 Å². The van der Waals surface area contributed by atoms with Crippen molar-refractivity contribution >= 4 is 0 Å². The van der Waals surface area contributed by atoms with Crippen LogP contribution in [0, 0.1) is 0 Å². The molecule has 0 amide bonds. The molecule has 0 aliphatic carbocycles. The Bertz CT molecular complexity index is 108. The second kappa shape index (κ2) is 5.30. The molecule has 0 aliphatic heterocycles. The minimum Gasteiger partial charge on any atom is -0.381 e. The van der Waals surface area contributed by atoms with Crippen molar-refractivity contribution in [2.24, 2.45) is 0 Å². The molecule has 0 aromatic carbocycles. The van der Waals surface area contributed by atoms with E-state index in [4.69, 9.17) is 0 Å². The highest BCUT2D eigenvalue weighted by Gasteiger charge is 1.88. The SMILES string of the molecule is CCN(C)/C=C(/C)CNC. The summed E-state index contributed by atoms with van der Waals surface area (Å²) in [7, 11) is 4.04. The van der Waals surface area contributed by atoms with Gasteiger partial charge in [0.15, 0.2) is 0 Å². The molecule has 0 unspecified atom stereocenters. The maximum absolute atomic E-state index is 3.10. The van der Waals surface area contributed by atoms with E-state index in [1.54, 1.807) is 0 Å². The Balaban J connectivity index is 3.65. The van der Waals surface area contributed by atoms with Crippen LogP contribution in [-0.2, 0) is 0 Å². The predicted molar refractivity (Wildman–Crippen MR) is 46.0 cm³/mol. The monoisotopic (exact) mass is 142 g/mol. The Hall–Kier alpha value is -0.500. The summed E-state index contributed by atoms with van der Waals surface area (Å²) in [6, 6.07) is 0. The van der Waals surface area contributed by atoms with Gasteiger partial charge in [-0.1, -0.05) is 0 Å². The van der Waals surface area contributed by atoms with Gasteiger partial charge >= 0.3 is 0 Å². The molecule has 0 atom stereocenters. The number of nitrogens with one attached hydrogen (secondary N) is 1. The van der Waals surface area contributed by atoms with Crippen LogP contribution in [0.2, 0.25) is 0 Å². The number of hydrogen-bond acceptors (Lipinski definition) is 2. The summed E-state index contributed by atoms with van der Waals surface area (Å²) in [4.78, 5) is 2.17. The first-order valence-electron chi connectivity index (χ1n) is 3.72. The molecule has 60 valence electrons. The number of likely N-dealkylation sites (N-methyl/N-ethyl adjacent to an activating group) is 1. The molecule has 0 rings (SSSR count). The van der Waals surface area contributed by atoms with E-state index in [9.17, 15) is 0 Å². The first-order chi connectivity index (χ1) is 4.70. The van der Waals surface area contributed by atoms with Crippen LogP contribution in [0.4, 0.5) is 0 Å². The van der Waals surface area contributed by atoms with Gasteiger partial charge in [-0.25, -0.2) is 0 Å². The predicted octanol–water partition coefficient (Wildman–Crippen LogP) is 1.06. The van der Waals surface area contributed by atoms with Crippen LogP contribution in [0.5, 0.6) is 0 Å². The molecule has 0 radical (unpaired) electrons. The van der Waals surface area contributed by atoms with Crippen molar-refractivity contribution < 1.29 is 0 Å². The molecule has 0 bridgehead atoms. The fraction of sp³-hybridized carbons (Fsp3) is 0.750. The molecular weight excluding hydrogens is 124 g/mol. The summed E-state index contributed by atoms with van der Waals surface area (Å²) in [5.74, 6) is 0. The largest absolute Gasteiger partial charge is 0.381 e. The van der Waals surface area contributed by atoms with E-state index >= 15 is 0 Å². The molecule has 0 fully saturated rings. The topological polar surface area (TPSA) is 15.3 Å². The zero-order chi connectivity index (χ0) is 7.98. The third-order valence-electron chi connectivity index (χ3n) is 1.40. The third-order valence-corrected chi connectivity index (χ3v) is 1.40. The standard InChI is InChI=1S/C8H18N2/c1-5-10(4)7-8(2)6-9-3/h7,9H,5-6H2,1-4H3/b8-7-. The van der Waals surface area contributed by atoms with Gasteiger partial charge in [-0.2, -0.15) is 0 Å². The van der Waals surface area contributed by atoms with Gasteiger partial charge in [0.25, 0.3) is 0 Å². The highest BCUT2D eigenvalue weighted by atomic mass is 15.1. The van der Waals surface area contributed by atoms with Crippen LogP contribution >= 0.6 is 0 Å². The lowest BCUT2D eigenvalue weighted by atomic mass is 10.3. The van der Waals surface area contributed by atoms with Gasteiger partial charge in [-0.05, 0) is 32.7 Å². The molecule has 10 heavy (non-hydrogen) atoms. The van der Waals surface area contributed by atoms with Crippen LogP contribution in [0.15, 0.2) is 11.8 Å². The van der Waals surface area contributed by atoms with Crippen molar-refractivity contribution in [3.63, 3.8) is 0 Å². The smallest absolute Gasteiger partial charge is 0.0176 e. The molecular formula is C8H18N2. The van der Waals surface area contributed by atoms with Crippen molar-refractivity contribution in [2.75, 3.05) is 27.2 Å². The van der Waals surface area contributed by atoms with Gasteiger partial charge in [-0.15, -0.1) is 0 Å². The highest BCUT2D eigenvalue weighted by Crippen LogP contribution is 1.92. The van der Waals surface area contributed by atoms with Gasteiger partial charge in [0.2, 0.25) is 0 Å². The molecule has 0 saturated heterocycles. The van der Waals surface area contributed by atoms with Crippen molar-refractivity contribution in [3.05, 3.63) is 11.8 Å². The number of nitrogens with zero attached hydrogens (tertiary/aromatic N) is 1. The molecule has 0 heterocycles. The summed E-state index contributed by atoms with van der Waals surface area (Å²) in [5, 5.41) is 3.10. The Morgan fingerprint density at radius 1 is 1.60 bits per heavy atom. The molecule has 0 saturated carbocycles. The fourth-order valence-electron chi connectivity index (χ4n) is 0.792. The van der Waals surface area contributed by atoms with Gasteiger partial charge in [0.1, 0.15) is 0 Å². The minimum atomic E-state index is 0.977. The van der Waals surface area contributed by atoms with Crippen molar-refractivity contribution in [1.29, 1.82) is 0 Å².